The van der Waals surface area contributed by atoms with E-state index in [1.807, 2.05) is 24.3 Å². The number of likely N-dealkylation sites (tertiary alicyclic amines) is 1. The van der Waals surface area contributed by atoms with Crippen molar-refractivity contribution < 1.29 is 13.9 Å². The van der Waals surface area contributed by atoms with Gasteiger partial charge in [-0.3, -0.25) is 4.79 Å². The summed E-state index contributed by atoms with van der Waals surface area (Å²) in [6.45, 7) is 0.308. The zero-order chi connectivity index (χ0) is 15.5. The monoisotopic (exact) mass is 299 g/mol. The number of ether oxygens (including phenoxy) is 1. The maximum atomic E-state index is 13.8. The van der Waals surface area contributed by atoms with Gasteiger partial charge in [0.1, 0.15) is 11.6 Å². The van der Waals surface area contributed by atoms with Gasteiger partial charge in [-0.25, -0.2) is 4.39 Å². The molecule has 0 N–H and O–H groups in total. The van der Waals surface area contributed by atoms with Gasteiger partial charge in [-0.05, 0) is 30.2 Å². The van der Waals surface area contributed by atoms with E-state index in [4.69, 9.17) is 4.74 Å². The molecule has 0 saturated carbocycles. The van der Waals surface area contributed by atoms with Crippen molar-refractivity contribution >= 4 is 5.91 Å². The van der Waals surface area contributed by atoms with Gasteiger partial charge < -0.3 is 9.64 Å². The van der Waals surface area contributed by atoms with Crippen LogP contribution in [0, 0.1) is 5.82 Å². The van der Waals surface area contributed by atoms with Crippen LogP contribution < -0.4 is 4.74 Å². The number of carbonyl (C=O) groups excluding carboxylic acids is 1. The topological polar surface area (TPSA) is 29.5 Å². The zero-order valence-corrected chi connectivity index (χ0v) is 12.5. The number of halogens is 1. The molecule has 0 aliphatic carbocycles. The minimum atomic E-state index is -0.268. The Kier molecular flexibility index (Phi) is 4.09. The van der Waals surface area contributed by atoms with Crippen LogP contribution in [0.2, 0.25) is 0 Å². The largest absolute Gasteiger partial charge is 0.497 e. The molecule has 0 bridgehead atoms. The fraction of sp³-hybridized carbons (Fsp3) is 0.278. The van der Waals surface area contributed by atoms with Gasteiger partial charge >= 0.3 is 0 Å². The molecule has 3 nitrogen and oxygen atoms in total. The lowest BCUT2D eigenvalue weighted by Crippen LogP contribution is -2.27. The quantitative estimate of drug-likeness (QED) is 0.861. The average molecular weight is 299 g/mol. The first kappa shape index (κ1) is 14.6. The molecule has 1 heterocycles. The molecule has 1 amide bonds. The Hall–Kier alpha value is -2.36. The van der Waals surface area contributed by atoms with Crippen molar-refractivity contribution in [3.05, 3.63) is 65.5 Å². The minimum Gasteiger partial charge on any atom is -0.497 e. The fourth-order valence-electron chi connectivity index (χ4n) is 2.91. The molecule has 4 heteroatoms. The lowest BCUT2D eigenvalue weighted by molar-refractivity contribution is -0.129. The van der Waals surface area contributed by atoms with E-state index < -0.39 is 0 Å². The lowest BCUT2D eigenvalue weighted by Gasteiger charge is -2.25. The number of rotatable bonds is 4. The van der Waals surface area contributed by atoms with Gasteiger partial charge in [0.2, 0.25) is 5.91 Å². The van der Waals surface area contributed by atoms with Crippen LogP contribution in [0.3, 0.4) is 0 Å². The molecule has 0 spiro atoms. The van der Waals surface area contributed by atoms with Gasteiger partial charge in [0, 0.05) is 18.5 Å². The van der Waals surface area contributed by atoms with Crippen molar-refractivity contribution in [2.24, 2.45) is 0 Å². The molecule has 3 rings (SSSR count). The minimum absolute atomic E-state index is 0.00184. The van der Waals surface area contributed by atoms with Gasteiger partial charge in [-0.1, -0.05) is 30.3 Å². The third kappa shape index (κ3) is 2.82. The molecular formula is C18H18FNO2. The predicted molar refractivity (Wildman–Crippen MR) is 81.9 cm³/mol. The number of hydrogen-bond acceptors (Lipinski definition) is 2. The highest BCUT2D eigenvalue weighted by Crippen LogP contribution is 2.35. The first-order valence-corrected chi connectivity index (χ1v) is 7.36. The SMILES string of the molecule is COc1ccc(C2CCC(=O)N2Cc2ccccc2F)cc1. The van der Waals surface area contributed by atoms with Crippen LogP contribution in [0.4, 0.5) is 4.39 Å². The molecule has 0 aromatic heterocycles. The van der Waals surface area contributed by atoms with Gasteiger partial charge in [-0.2, -0.15) is 0 Å². The third-order valence-electron chi connectivity index (χ3n) is 4.13. The summed E-state index contributed by atoms with van der Waals surface area (Å²) in [6.07, 6.45) is 1.27. The molecule has 2 aromatic rings. The molecule has 1 saturated heterocycles. The number of amides is 1. The lowest BCUT2D eigenvalue weighted by atomic mass is 10.0. The van der Waals surface area contributed by atoms with Crippen LogP contribution in [0.5, 0.6) is 5.75 Å². The van der Waals surface area contributed by atoms with E-state index in [-0.39, 0.29) is 17.8 Å². The van der Waals surface area contributed by atoms with Crippen molar-refractivity contribution in [2.45, 2.75) is 25.4 Å². The second kappa shape index (κ2) is 6.18. The van der Waals surface area contributed by atoms with Gasteiger partial charge in [0.05, 0.1) is 13.2 Å². The molecule has 114 valence electrons. The number of nitrogens with zero attached hydrogens (tertiary/aromatic N) is 1. The smallest absolute Gasteiger partial charge is 0.223 e. The van der Waals surface area contributed by atoms with Crippen LogP contribution in [-0.2, 0) is 11.3 Å². The van der Waals surface area contributed by atoms with Crippen molar-refractivity contribution in [2.75, 3.05) is 7.11 Å². The summed E-state index contributed by atoms with van der Waals surface area (Å²) in [7, 11) is 1.62. The van der Waals surface area contributed by atoms with Crippen LogP contribution in [-0.4, -0.2) is 17.9 Å². The van der Waals surface area contributed by atoms with E-state index in [0.717, 1.165) is 17.7 Å². The van der Waals surface area contributed by atoms with Crippen LogP contribution in [0.15, 0.2) is 48.5 Å². The predicted octanol–water partition coefficient (Wildman–Crippen LogP) is 3.70. The molecule has 1 aliphatic heterocycles. The summed E-state index contributed by atoms with van der Waals surface area (Å²) in [4.78, 5) is 13.9. The first-order valence-electron chi connectivity index (χ1n) is 7.36. The van der Waals surface area contributed by atoms with Gasteiger partial charge in [-0.15, -0.1) is 0 Å². The van der Waals surface area contributed by atoms with Crippen LogP contribution in [0.1, 0.15) is 30.0 Å². The van der Waals surface area contributed by atoms with Crippen LogP contribution in [0.25, 0.3) is 0 Å². The van der Waals surface area contributed by atoms with E-state index >= 15 is 0 Å². The summed E-state index contributed by atoms with van der Waals surface area (Å²) < 4.78 is 19.0. The van der Waals surface area contributed by atoms with Crippen molar-refractivity contribution in [3.63, 3.8) is 0 Å². The summed E-state index contributed by atoms with van der Waals surface area (Å²) in [5.74, 6) is 0.591. The summed E-state index contributed by atoms with van der Waals surface area (Å²) in [5, 5.41) is 0. The molecule has 1 atom stereocenters. The van der Waals surface area contributed by atoms with Crippen molar-refractivity contribution in [3.8, 4) is 5.75 Å². The number of carbonyl (C=O) groups is 1. The Morgan fingerprint density at radius 2 is 1.91 bits per heavy atom. The molecule has 1 fully saturated rings. The second-order valence-electron chi connectivity index (χ2n) is 5.44. The Morgan fingerprint density at radius 3 is 2.59 bits per heavy atom. The molecule has 0 radical (unpaired) electrons. The molecule has 1 aliphatic rings. The van der Waals surface area contributed by atoms with Crippen molar-refractivity contribution in [1.82, 2.24) is 4.90 Å². The third-order valence-corrected chi connectivity index (χ3v) is 4.13. The second-order valence-corrected chi connectivity index (χ2v) is 5.44. The van der Waals surface area contributed by atoms with Crippen LogP contribution >= 0.6 is 0 Å². The van der Waals surface area contributed by atoms with E-state index in [0.29, 0.717) is 18.5 Å². The first-order chi connectivity index (χ1) is 10.7. The van der Waals surface area contributed by atoms with Crippen molar-refractivity contribution in [1.29, 1.82) is 0 Å². The van der Waals surface area contributed by atoms with Gasteiger partial charge in [0.15, 0.2) is 0 Å². The highest BCUT2D eigenvalue weighted by atomic mass is 19.1. The van der Waals surface area contributed by atoms with E-state index in [1.54, 1.807) is 30.2 Å². The number of hydrogen-bond donors (Lipinski definition) is 0. The van der Waals surface area contributed by atoms with E-state index in [2.05, 4.69) is 0 Å². The maximum absolute atomic E-state index is 13.8. The summed E-state index contributed by atoms with van der Waals surface area (Å²) >= 11 is 0. The average Bonchev–Trinajstić information content (AvgIpc) is 2.91. The number of benzene rings is 2. The Bertz CT molecular complexity index is 669. The van der Waals surface area contributed by atoms with E-state index in [9.17, 15) is 9.18 Å². The Morgan fingerprint density at radius 1 is 1.18 bits per heavy atom. The zero-order valence-electron chi connectivity index (χ0n) is 12.5. The Balaban J connectivity index is 1.84. The van der Waals surface area contributed by atoms with E-state index in [1.165, 1.54) is 6.07 Å². The molecule has 22 heavy (non-hydrogen) atoms. The number of methoxy groups -OCH3 is 1. The normalized spacial score (nSPS) is 17.8. The summed E-state index contributed by atoms with van der Waals surface area (Å²) in [5.41, 5.74) is 1.61. The maximum Gasteiger partial charge on any atom is 0.223 e. The molecule has 2 aromatic carbocycles. The Labute approximate surface area is 129 Å². The highest BCUT2D eigenvalue weighted by Gasteiger charge is 2.32. The molecular weight excluding hydrogens is 281 g/mol. The van der Waals surface area contributed by atoms with Gasteiger partial charge in [0.25, 0.3) is 0 Å². The highest BCUT2D eigenvalue weighted by molar-refractivity contribution is 5.79. The standard InChI is InChI=1S/C18H18FNO2/c1-22-15-8-6-13(7-9-15)17-10-11-18(21)20(17)12-14-4-2-3-5-16(14)19/h2-9,17H,10-12H2,1H3. The molecule has 1 unspecified atom stereocenters. The summed E-state index contributed by atoms with van der Waals surface area (Å²) in [6, 6.07) is 14.3. The fourth-order valence-corrected chi connectivity index (χ4v) is 2.91.